The lowest BCUT2D eigenvalue weighted by Gasteiger charge is -2.45. The zero-order chi connectivity index (χ0) is 21.8. The van der Waals surface area contributed by atoms with E-state index < -0.39 is 5.54 Å². The number of carbonyl (C=O) groups is 2. The Bertz CT molecular complexity index is 1140. The fraction of sp³-hybridized carbons (Fsp3) is 0.440. The van der Waals surface area contributed by atoms with Gasteiger partial charge >= 0.3 is 0 Å². The number of fused-ring (bicyclic) bond motifs is 3. The minimum Gasteiger partial charge on any atom is -0.463 e. The lowest BCUT2D eigenvalue weighted by molar-refractivity contribution is -0.127. The van der Waals surface area contributed by atoms with Crippen LogP contribution in [0.5, 0.6) is 0 Å². The molecule has 2 amide bonds. The van der Waals surface area contributed by atoms with Crippen molar-refractivity contribution in [2.45, 2.75) is 64.6 Å². The van der Waals surface area contributed by atoms with E-state index in [-0.39, 0.29) is 17.9 Å². The molecule has 3 atom stereocenters. The topological polar surface area (TPSA) is 67.5 Å². The summed E-state index contributed by atoms with van der Waals surface area (Å²) in [6.07, 6.45) is 6.08. The molecule has 6 nitrogen and oxygen atoms in total. The minimum absolute atomic E-state index is 0.101. The maximum absolute atomic E-state index is 13.8. The zero-order valence-corrected chi connectivity index (χ0v) is 18.4. The van der Waals surface area contributed by atoms with Crippen LogP contribution in [0.1, 0.15) is 55.6 Å². The SMILES string of the molecule is Cc1ccc(N2C(=O)c3cc4occc4n3CC2(C)C(=O)NC2CCCCC2C)cc1. The predicted molar refractivity (Wildman–Crippen MR) is 120 cm³/mol. The molecule has 1 aliphatic heterocycles. The van der Waals surface area contributed by atoms with Crippen molar-refractivity contribution in [2.75, 3.05) is 4.90 Å². The number of aryl methyl sites for hydroxylation is 1. The smallest absolute Gasteiger partial charge is 0.276 e. The summed E-state index contributed by atoms with van der Waals surface area (Å²) in [5.41, 5.74) is 2.84. The molecule has 162 valence electrons. The van der Waals surface area contributed by atoms with Crippen molar-refractivity contribution in [1.29, 1.82) is 0 Å². The standard InChI is InChI=1S/C25H29N3O3/c1-16-8-10-18(11-9-16)28-23(29)21-14-22-20(12-13-31-22)27(21)15-25(28,3)24(30)26-19-7-5-4-6-17(19)2/h8-14,17,19H,4-7,15H2,1-3H3,(H,26,30). The van der Waals surface area contributed by atoms with E-state index in [9.17, 15) is 9.59 Å². The van der Waals surface area contributed by atoms with Crippen LogP contribution in [0.4, 0.5) is 5.69 Å². The van der Waals surface area contributed by atoms with Crippen molar-refractivity contribution >= 4 is 28.6 Å². The van der Waals surface area contributed by atoms with Crippen molar-refractivity contribution in [1.82, 2.24) is 9.88 Å². The molecule has 0 radical (unpaired) electrons. The molecule has 0 saturated heterocycles. The Morgan fingerprint density at radius 2 is 1.90 bits per heavy atom. The Labute approximate surface area is 182 Å². The van der Waals surface area contributed by atoms with E-state index >= 15 is 0 Å². The maximum Gasteiger partial charge on any atom is 0.276 e. The van der Waals surface area contributed by atoms with Crippen LogP contribution >= 0.6 is 0 Å². The average molecular weight is 420 g/mol. The Kier molecular flexibility index (Phi) is 4.68. The normalized spacial score (nSPS) is 26.2. The van der Waals surface area contributed by atoms with Crippen molar-refractivity contribution in [3.63, 3.8) is 0 Å². The van der Waals surface area contributed by atoms with E-state index in [0.717, 1.165) is 36.0 Å². The second-order valence-electron chi connectivity index (χ2n) is 9.38. The number of aromatic nitrogens is 1. The molecule has 0 spiro atoms. The third-order valence-corrected chi connectivity index (χ3v) is 7.11. The summed E-state index contributed by atoms with van der Waals surface area (Å²) in [5, 5.41) is 3.31. The van der Waals surface area contributed by atoms with Crippen molar-refractivity contribution < 1.29 is 14.0 Å². The predicted octanol–water partition coefficient (Wildman–Crippen LogP) is 4.66. The molecule has 5 rings (SSSR count). The number of anilines is 1. The van der Waals surface area contributed by atoms with Gasteiger partial charge in [0, 0.05) is 23.9 Å². The molecular weight excluding hydrogens is 390 g/mol. The van der Waals surface area contributed by atoms with Crippen LogP contribution in [-0.4, -0.2) is 28.0 Å². The number of benzene rings is 1. The molecule has 3 heterocycles. The highest BCUT2D eigenvalue weighted by atomic mass is 16.3. The molecule has 31 heavy (non-hydrogen) atoms. The highest BCUT2D eigenvalue weighted by molar-refractivity contribution is 6.13. The first kappa shape index (κ1) is 19.9. The fourth-order valence-corrected chi connectivity index (χ4v) is 5.17. The van der Waals surface area contributed by atoms with Crippen LogP contribution in [-0.2, 0) is 11.3 Å². The summed E-state index contributed by atoms with van der Waals surface area (Å²) in [6, 6.07) is 11.6. The van der Waals surface area contributed by atoms with Crippen LogP contribution in [0.25, 0.3) is 11.1 Å². The van der Waals surface area contributed by atoms with Gasteiger partial charge < -0.3 is 14.3 Å². The summed E-state index contributed by atoms with van der Waals surface area (Å²) >= 11 is 0. The van der Waals surface area contributed by atoms with Gasteiger partial charge in [0.05, 0.1) is 18.3 Å². The highest BCUT2D eigenvalue weighted by Gasteiger charge is 2.49. The fourth-order valence-electron chi connectivity index (χ4n) is 5.17. The quantitative estimate of drug-likeness (QED) is 0.672. The number of hydrogen-bond donors (Lipinski definition) is 1. The van der Waals surface area contributed by atoms with Crippen LogP contribution in [0.15, 0.2) is 47.1 Å². The monoisotopic (exact) mass is 419 g/mol. The summed E-state index contributed by atoms with van der Waals surface area (Å²) in [7, 11) is 0. The molecule has 1 saturated carbocycles. The van der Waals surface area contributed by atoms with E-state index in [1.165, 1.54) is 6.42 Å². The summed E-state index contributed by atoms with van der Waals surface area (Å²) in [4.78, 5) is 29.2. The van der Waals surface area contributed by atoms with Gasteiger partial charge in [-0.15, -0.1) is 0 Å². The largest absolute Gasteiger partial charge is 0.463 e. The number of furan rings is 1. The lowest BCUT2D eigenvalue weighted by Crippen LogP contribution is -2.65. The van der Waals surface area contributed by atoms with E-state index in [4.69, 9.17) is 4.42 Å². The van der Waals surface area contributed by atoms with Gasteiger partial charge in [-0.2, -0.15) is 0 Å². The molecule has 1 aliphatic carbocycles. The molecular formula is C25H29N3O3. The third kappa shape index (κ3) is 3.16. The van der Waals surface area contributed by atoms with Crippen LogP contribution in [0.3, 0.4) is 0 Å². The Morgan fingerprint density at radius 1 is 1.16 bits per heavy atom. The summed E-state index contributed by atoms with van der Waals surface area (Å²) < 4.78 is 7.47. The highest BCUT2D eigenvalue weighted by Crippen LogP contribution is 2.37. The Balaban J connectivity index is 1.59. The van der Waals surface area contributed by atoms with Gasteiger partial charge in [0.2, 0.25) is 5.91 Å². The van der Waals surface area contributed by atoms with Gasteiger partial charge in [-0.25, -0.2) is 0 Å². The van der Waals surface area contributed by atoms with Gasteiger partial charge in [-0.05, 0) is 44.7 Å². The molecule has 3 aromatic rings. The van der Waals surface area contributed by atoms with Crippen LogP contribution in [0.2, 0.25) is 0 Å². The van der Waals surface area contributed by atoms with Gasteiger partial charge in [-0.1, -0.05) is 37.5 Å². The molecule has 3 unspecified atom stereocenters. The maximum atomic E-state index is 13.8. The first-order valence-electron chi connectivity index (χ1n) is 11.2. The van der Waals surface area contributed by atoms with Gasteiger partial charge in [-0.3, -0.25) is 14.5 Å². The number of nitrogens with zero attached hydrogens (tertiary/aromatic N) is 2. The molecule has 0 bridgehead atoms. The number of amides is 2. The Hall–Kier alpha value is -3.02. The van der Waals surface area contributed by atoms with E-state index in [2.05, 4.69) is 12.2 Å². The first-order chi connectivity index (χ1) is 14.9. The molecule has 1 fully saturated rings. The molecule has 2 aliphatic rings. The van der Waals surface area contributed by atoms with Crippen LogP contribution < -0.4 is 10.2 Å². The molecule has 1 aromatic carbocycles. The van der Waals surface area contributed by atoms with E-state index in [0.29, 0.717) is 23.7 Å². The van der Waals surface area contributed by atoms with E-state index in [1.807, 2.05) is 48.7 Å². The number of carbonyl (C=O) groups excluding carboxylic acids is 2. The van der Waals surface area contributed by atoms with E-state index in [1.54, 1.807) is 17.2 Å². The minimum atomic E-state index is -1.06. The molecule has 6 heteroatoms. The van der Waals surface area contributed by atoms with Crippen molar-refractivity contribution in [3.8, 4) is 0 Å². The van der Waals surface area contributed by atoms with Gasteiger partial charge in [0.25, 0.3) is 5.91 Å². The van der Waals surface area contributed by atoms with Crippen molar-refractivity contribution in [3.05, 3.63) is 53.9 Å². The summed E-state index contributed by atoms with van der Waals surface area (Å²) in [6.45, 7) is 6.47. The van der Waals surface area contributed by atoms with Crippen LogP contribution in [0, 0.1) is 12.8 Å². The molecule has 2 aromatic heterocycles. The number of nitrogens with one attached hydrogen (secondary N) is 1. The van der Waals surface area contributed by atoms with Gasteiger partial charge in [0.1, 0.15) is 11.2 Å². The first-order valence-corrected chi connectivity index (χ1v) is 11.2. The second kappa shape index (κ2) is 7.29. The average Bonchev–Trinajstić information content (AvgIpc) is 3.33. The zero-order valence-electron chi connectivity index (χ0n) is 18.4. The number of hydrogen-bond acceptors (Lipinski definition) is 3. The summed E-state index contributed by atoms with van der Waals surface area (Å²) in [5.74, 6) is 0.156. The Morgan fingerprint density at radius 3 is 2.65 bits per heavy atom. The lowest BCUT2D eigenvalue weighted by atomic mass is 9.84. The number of rotatable bonds is 3. The van der Waals surface area contributed by atoms with Gasteiger partial charge in [0.15, 0.2) is 5.58 Å². The third-order valence-electron chi connectivity index (χ3n) is 7.11. The molecule has 1 N–H and O–H groups in total. The second-order valence-corrected chi connectivity index (χ2v) is 9.38. The van der Waals surface area contributed by atoms with Crippen molar-refractivity contribution in [2.24, 2.45) is 5.92 Å².